The Hall–Kier alpha value is -0.830. The van der Waals surface area contributed by atoms with Crippen LogP contribution in [-0.4, -0.2) is 20.5 Å². The van der Waals surface area contributed by atoms with Gasteiger partial charge in [0, 0.05) is 13.2 Å². The van der Waals surface area contributed by atoms with Crippen LogP contribution in [-0.2, 0) is 13.5 Å². The largest absolute Gasteiger partial charge is 0.390 e. The fourth-order valence-electron chi connectivity index (χ4n) is 2.42. The summed E-state index contributed by atoms with van der Waals surface area (Å²) in [5, 5.41) is 14.1. The van der Waals surface area contributed by atoms with E-state index in [2.05, 4.69) is 12.0 Å². The van der Waals surface area contributed by atoms with Crippen molar-refractivity contribution in [3.63, 3.8) is 0 Å². The Morgan fingerprint density at radius 3 is 2.86 bits per heavy atom. The third-order valence-corrected chi connectivity index (χ3v) is 3.09. The Morgan fingerprint density at radius 1 is 1.64 bits per heavy atom. The maximum atomic E-state index is 10.0. The lowest BCUT2D eigenvalue weighted by Crippen LogP contribution is -2.42. The van der Waals surface area contributed by atoms with Crippen molar-refractivity contribution in [2.75, 3.05) is 0 Å². The Labute approximate surface area is 84.7 Å². The molecule has 0 spiro atoms. The number of hydrogen-bond acceptors (Lipinski definition) is 2. The predicted molar refractivity (Wildman–Crippen MR) is 54.9 cm³/mol. The summed E-state index contributed by atoms with van der Waals surface area (Å²) in [6, 6.07) is 0. The molecule has 0 bridgehead atoms. The minimum atomic E-state index is -0.380. The van der Waals surface area contributed by atoms with Gasteiger partial charge in [0.2, 0.25) is 0 Å². The van der Waals surface area contributed by atoms with Crippen LogP contribution in [0, 0.1) is 5.92 Å². The molecule has 1 aliphatic carbocycles. The van der Waals surface area contributed by atoms with Crippen LogP contribution in [0.1, 0.15) is 31.7 Å². The number of nitrogens with zero attached hydrogens (tertiary/aromatic N) is 2. The molecule has 1 fully saturated rings. The second-order valence-corrected chi connectivity index (χ2v) is 4.76. The van der Waals surface area contributed by atoms with Gasteiger partial charge in [0.25, 0.3) is 0 Å². The molecule has 0 radical (unpaired) electrons. The van der Waals surface area contributed by atoms with Crippen molar-refractivity contribution >= 4 is 0 Å². The lowest BCUT2D eigenvalue weighted by atomic mass is 9.69. The minimum Gasteiger partial charge on any atom is -0.390 e. The first kappa shape index (κ1) is 9.71. The fraction of sp³-hybridized carbons (Fsp3) is 0.727. The summed E-state index contributed by atoms with van der Waals surface area (Å²) in [6.45, 7) is 2.19. The molecule has 0 unspecified atom stereocenters. The Morgan fingerprint density at radius 2 is 2.36 bits per heavy atom. The molecule has 1 aromatic heterocycles. The number of aliphatic hydroxyl groups is 1. The lowest BCUT2D eigenvalue weighted by Gasteiger charge is -2.42. The van der Waals surface area contributed by atoms with E-state index in [1.165, 1.54) is 5.56 Å². The van der Waals surface area contributed by atoms with Gasteiger partial charge in [-0.2, -0.15) is 5.10 Å². The van der Waals surface area contributed by atoms with Crippen molar-refractivity contribution < 1.29 is 5.11 Å². The van der Waals surface area contributed by atoms with Crippen LogP contribution in [0.5, 0.6) is 0 Å². The quantitative estimate of drug-likeness (QED) is 0.792. The summed E-state index contributed by atoms with van der Waals surface area (Å²) in [4.78, 5) is 0. The van der Waals surface area contributed by atoms with Crippen LogP contribution >= 0.6 is 0 Å². The molecule has 0 saturated heterocycles. The number of aromatic nitrogens is 2. The summed E-state index contributed by atoms with van der Waals surface area (Å²) in [7, 11) is 1.92. The molecule has 1 saturated carbocycles. The van der Waals surface area contributed by atoms with Crippen LogP contribution in [0.2, 0.25) is 0 Å². The van der Waals surface area contributed by atoms with E-state index in [0.29, 0.717) is 5.92 Å². The standard InChI is InChI=1S/C11H18N2O/c1-9-5-11(14,6-9)4-3-10-7-12-13(2)8-10/h7-9,14H,3-6H2,1-2H3. The van der Waals surface area contributed by atoms with Crippen molar-refractivity contribution in [2.45, 2.75) is 38.2 Å². The number of hydrogen-bond donors (Lipinski definition) is 1. The monoisotopic (exact) mass is 194 g/mol. The zero-order valence-corrected chi connectivity index (χ0v) is 8.90. The highest BCUT2D eigenvalue weighted by atomic mass is 16.3. The first-order valence-electron chi connectivity index (χ1n) is 5.27. The minimum absolute atomic E-state index is 0.380. The summed E-state index contributed by atoms with van der Waals surface area (Å²) in [5.74, 6) is 0.703. The van der Waals surface area contributed by atoms with Crippen LogP contribution in [0.3, 0.4) is 0 Å². The van der Waals surface area contributed by atoms with E-state index >= 15 is 0 Å². The predicted octanol–water partition coefficient (Wildman–Crippen LogP) is 1.51. The fourth-order valence-corrected chi connectivity index (χ4v) is 2.42. The molecule has 1 aliphatic rings. The Kier molecular flexibility index (Phi) is 2.35. The van der Waals surface area contributed by atoms with E-state index in [1.54, 1.807) is 0 Å². The van der Waals surface area contributed by atoms with Gasteiger partial charge in [0.05, 0.1) is 11.8 Å². The van der Waals surface area contributed by atoms with Crippen molar-refractivity contribution in [1.29, 1.82) is 0 Å². The molecule has 0 aromatic carbocycles. The van der Waals surface area contributed by atoms with E-state index in [9.17, 15) is 5.11 Å². The molecule has 1 N–H and O–H groups in total. The molecule has 14 heavy (non-hydrogen) atoms. The average molecular weight is 194 g/mol. The maximum absolute atomic E-state index is 10.0. The van der Waals surface area contributed by atoms with E-state index < -0.39 is 0 Å². The maximum Gasteiger partial charge on any atom is 0.0656 e. The third-order valence-electron chi connectivity index (χ3n) is 3.09. The van der Waals surface area contributed by atoms with Gasteiger partial charge in [-0.25, -0.2) is 0 Å². The second kappa shape index (κ2) is 3.39. The SMILES string of the molecule is CC1CC(O)(CCc2cnn(C)c2)C1. The van der Waals surface area contributed by atoms with Gasteiger partial charge in [0.15, 0.2) is 0 Å². The number of aryl methyl sites for hydroxylation is 2. The smallest absolute Gasteiger partial charge is 0.0656 e. The molecular formula is C11H18N2O. The normalized spacial score (nSPS) is 31.5. The van der Waals surface area contributed by atoms with E-state index in [1.807, 2.05) is 24.1 Å². The summed E-state index contributed by atoms with van der Waals surface area (Å²) < 4.78 is 1.81. The molecule has 0 aliphatic heterocycles. The highest BCUT2D eigenvalue weighted by Gasteiger charge is 2.39. The van der Waals surface area contributed by atoms with Crippen molar-refractivity contribution in [3.05, 3.63) is 18.0 Å². The van der Waals surface area contributed by atoms with E-state index in [0.717, 1.165) is 25.7 Å². The van der Waals surface area contributed by atoms with Crippen LogP contribution in [0.4, 0.5) is 0 Å². The van der Waals surface area contributed by atoms with Crippen molar-refractivity contribution in [2.24, 2.45) is 13.0 Å². The first-order chi connectivity index (χ1) is 6.57. The average Bonchev–Trinajstić information content (AvgIpc) is 2.46. The van der Waals surface area contributed by atoms with E-state index in [4.69, 9.17) is 0 Å². The topological polar surface area (TPSA) is 38.1 Å². The third kappa shape index (κ3) is 1.98. The molecule has 0 amide bonds. The molecule has 0 atom stereocenters. The molecule has 2 rings (SSSR count). The van der Waals surface area contributed by atoms with Crippen LogP contribution < -0.4 is 0 Å². The zero-order chi connectivity index (χ0) is 10.2. The van der Waals surface area contributed by atoms with Gasteiger partial charge in [0.1, 0.15) is 0 Å². The van der Waals surface area contributed by atoms with E-state index in [-0.39, 0.29) is 5.60 Å². The molecule has 78 valence electrons. The van der Waals surface area contributed by atoms with Gasteiger partial charge < -0.3 is 5.11 Å². The van der Waals surface area contributed by atoms with Crippen molar-refractivity contribution in [3.8, 4) is 0 Å². The summed E-state index contributed by atoms with van der Waals surface area (Å²) >= 11 is 0. The Bertz CT molecular complexity index is 313. The number of rotatable bonds is 3. The van der Waals surface area contributed by atoms with Gasteiger partial charge in [-0.3, -0.25) is 4.68 Å². The zero-order valence-electron chi connectivity index (χ0n) is 8.90. The first-order valence-corrected chi connectivity index (χ1v) is 5.27. The highest BCUT2D eigenvalue weighted by molar-refractivity contribution is 5.06. The Balaban J connectivity index is 1.83. The van der Waals surface area contributed by atoms with Gasteiger partial charge in [-0.15, -0.1) is 0 Å². The van der Waals surface area contributed by atoms with Gasteiger partial charge in [-0.1, -0.05) is 6.92 Å². The molecule has 3 heteroatoms. The molecule has 3 nitrogen and oxygen atoms in total. The summed E-state index contributed by atoms with van der Waals surface area (Å²) in [5.41, 5.74) is 0.843. The van der Waals surface area contributed by atoms with Gasteiger partial charge in [-0.05, 0) is 37.2 Å². The van der Waals surface area contributed by atoms with Crippen molar-refractivity contribution in [1.82, 2.24) is 9.78 Å². The van der Waals surface area contributed by atoms with Crippen LogP contribution in [0.25, 0.3) is 0 Å². The lowest BCUT2D eigenvalue weighted by molar-refractivity contribution is -0.0732. The molecular weight excluding hydrogens is 176 g/mol. The van der Waals surface area contributed by atoms with Crippen LogP contribution in [0.15, 0.2) is 12.4 Å². The molecule has 1 aromatic rings. The second-order valence-electron chi connectivity index (χ2n) is 4.76. The molecule has 1 heterocycles. The van der Waals surface area contributed by atoms with Gasteiger partial charge >= 0.3 is 0 Å². The summed E-state index contributed by atoms with van der Waals surface area (Å²) in [6.07, 6.45) is 7.65. The highest BCUT2D eigenvalue weighted by Crippen LogP contribution is 2.40.